The van der Waals surface area contributed by atoms with Gasteiger partial charge in [0.05, 0.1) is 0 Å². The minimum absolute atomic E-state index is 0.00530. The summed E-state index contributed by atoms with van der Waals surface area (Å²) in [7, 11) is 0. The first-order chi connectivity index (χ1) is 6.75. The van der Waals surface area contributed by atoms with Gasteiger partial charge in [0, 0.05) is 11.5 Å². The van der Waals surface area contributed by atoms with Crippen LogP contribution in [0.25, 0.3) is 0 Å². The summed E-state index contributed by atoms with van der Waals surface area (Å²) in [5.41, 5.74) is 6.84. The largest absolute Gasteiger partial charge is 0.327 e. The van der Waals surface area contributed by atoms with Gasteiger partial charge in [-0.05, 0) is 36.8 Å². The molecule has 1 aromatic carbocycles. The van der Waals surface area contributed by atoms with Crippen molar-refractivity contribution in [1.29, 1.82) is 0 Å². The minimum Gasteiger partial charge on any atom is -0.327 e. The number of hydrogen-bond acceptors (Lipinski definition) is 1. The van der Waals surface area contributed by atoms with E-state index in [9.17, 15) is 4.39 Å². The maximum atomic E-state index is 13.6. The third-order valence-electron chi connectivity index (χ3n) is 3.74. The van der Waals surface area contributed by atoms with Crippen molar-refractivity contribution in [2.24, 2.45) is 11.7 Å². The molecule has 1 aromatic rings. The van der Waals surface area contributed by atoms with Crippen LogP contribution in [0.2, 0.25) is 0 Å². The van der Waals surface area contributed by atoms with Gasteiger partial charge in [-0.3, -0.25) is 0 Å². The van der Waals surface area contributed by atoms with E-state index in [1.54, 1.807) is 12.1 Å². The number of rotatable bonds is 2. The molecule has 0 amide bonds. The van der Waals surface area contributed by atoms with Crippen LogP contribution in [0.5, 0.6) is 0 Å². The summed E-state index contributed by atoms with van der Waals surface area (Å²) in [5, 5.41) is 0. The zero-order valence-corrected chi connectivity index (χ0v) is 8.04. The van der Waals surface area contributed by atoms with Gasteiger partial charge in [0.2, 0.25) is 0 Å². The van der Waals surface area contributed by atoms with Crippen LogP contribution >= 0.6 is 0 Å². The van der Waals surface area contributed by atoms with Crippen molar-refractivity contribution < 1.29 is 4.39 Å². The smallest absolute Gasteiger partial charge is 0.127 e. The molecule has 0 heterocycles. The van der Waals surface area contributed by atoms with E-state index in [4.69, 9.17) is 5.73 Å². The highest BCUT2D eigenvalue weighted by Crippen LogP contribution is 2.61. The van der Waals surface area contributed by atoms with E-state index in [0.717, 1.165) is 12.0 Å². The lowest BCUT2D eigenvalue weighted by Crippen LogP contribution is -2.22. The lowest BCUT2D eigenvalue weighted by atomic mass is 9.89. The average Bonchev–Trinajstić information content (AvgIpc) is 3.01. The number of benzene rings is 1. The standard InChI is InChI=1S/C12H14FN/c13-10-4-2-1-3-9(10)12(7-11(12)14)8-5-6-8/h1-4,8,11H,5-7,14H2/t11-,12?/m1/s1. The molecule has 2 heteroatoms. The Morgan fingerprint density at radius 3 is 2.43 bits per heavy atom. The summed E-state index contributed by atoms with van der Waals surface area (Å²) in [6.45, 7) is 0. The molecular weight excluding hydrogens is 177 g/mol. The molecule has 0 radical (unpaired) electrons. The van der Waals surface area contributed by atoms with Crippen LogP contribution in [0.4, 0.5) is 4.39 Å². The Morgan fingerprint density at radius 1 is 1.29 bits per heavy atom. The zero-order chi connectivity index (χ0) is 9.76. The SMILES string of the molecule is N[C@@H]1CC1(c1ccccc1F)C1CC1. The fourth-order valence-electron chi connectivity index (χ4n) is 2.74. The number of hydrogen-bond donors (Lipinski definition) is 1. The van der Waals surface area contributed by atoms with Gasteiger partial charge in [-0.25, -0.2) is 4.39 Å². The summed E-state index contributed by atoms with van der Waals surface area (Å²) in [6, 6.07) is 7.29. The highest BCUT2D eigenvalue weighted by Gasteiger charge is 2.62. The van der Waals surface area contributed by atoms with Crippen molar-refractivity contribution in [3.05, 3.63) is 35.6 Å². The third-order valence-corrected chi connectivity index (χ3v) is 3.74. The Labute approximate surface area is 83.1 Å². The molecule has 0 bridgehead atoms. The van der Waals surface area contributed by atoms with E-state index in [-0.39, 0.29) is 17.3 Å². The van der Waals surface area contributed by atoms with Gasteiger partial charge in [-0.15, -0.1) is 0 Å². The first-order valence-electron chi connectivity index (χ1n) is 5.26. The molecule has 2 fully saturated rings. The Morgan fingerprint density at radius 2 is 1.93 bits per heavy atom. The summed E-state index contributed by atoms with van der Waals surface area (Å²) < 4.78 is 13.6. The lowest BCUT2D eigenvalue weighted by Gasteiger charge is -2.16. The van der Waals surface area contributed by atoms with Crippen molar-refractivity contribution in [2.75, 3.05) is 0 Å². The first-order valence-corrected chi connectivity index (χ1v) is 5.26. The van der Waals surface area contributed by atoms with Crippen LogP contribution in [0.3, 0.4) is 0 Å². The molecule has 14 heavy (non-hydrogen) atoms. The predicted octanol–water partition coefficient (Wildman–Crippen LogP) is 2.20. The van der Waals surface area contributed by atoms with Gasteiger partial charge >= 0.3 is 0 Å². The predicted molar refractivity (Wildman–Crippen MR) is 53.4 cm³/mol. The Kier molecular flexibility index (Phi) is 1.55. The van der Waals surface area contributed by atoms with Gasteiger partial charge in [0.15, 0.2) is 0 Å². The van der Waals surface area contributed by atoms with Gasteiger partial charge in [-0.2, -0.15) is 0 Å². The normalized spacial score (nSPS) is 35.7. The Bertz CT molecular complexity index is 372. The van der Waals surface area contributed by atoms with Gasteiger partial charge in [0.1, 0.15) is 5.82 Å². The van der Waals surface area contributed by atoms with E-state index in [1.165, 1.54) is 12.8 Å². The summed E-state index contributed by atoms with van der Waals surface area (Å²) in [4.78, 5) is 0. The van der Waals surface area contributed by atoms with Crippen molar-refractivity contribution in [3.8, 4) is 0 Å². The Balaban J connectivity index is 2.05. The maximum Gasteiger partial charge on any atom is 0.127 e. The highest BCUT2D eigenvalue weighted by atomic mass is 19.1. The maximum absolute atomic E-state index is 13.6. The molecule has 0 saturated heterocycles. The van der Waals surface area contributed by atoms with E-state index in [1.807, 2.05) is 12.1 Å². The average molecular weight is 191 g/mol. The second-order valence-corrected chi connectivity index (χ2v) is 4.61. The molecular formula is C12H14FN. The van der Waals surface area contributed by atoms with Crippen molar-refractivity contribution in [2.45, 2.75) is 30.7 Å². The van der Waals surface area contributed by atoms with Crippen LogP contribution in [-0.2, 0) is 5.41 Å². The highest BCUT2D eigenvalue weighted by molar-refractivity contribution is 5.39. The molecule has 2 N–H and O–H groups in total. The van der Waals surface area contributed by atoms with Crippen LogP contribution < -0.4 is 5.73 Å². The second kappa shape index (κ2) is 2.57. The van der Waals surface area contributed by atoms with Crippen molar-refractivity contribution in [3.63, 3.8) is 0 Å². The molecule has 1 nitrogen and oxygen atoms in total. The van der Waals surface area contributed by atoms with Gasteiger partial charge in [0.25, 0.3) is 0 Å². The molecule has 2 aliphatic carbocycles. The molecule has 74 valence electrons. The van der Waals surface area contributed by atoms with E-state index >= 15 is 0 Å². The summed E-state index contributed by atoms with van der Waals surface area (Å²) in [6.07, 6.45) is 3.42. The fraction of sp³-hybridized carbons (Fsp3) is 0.500. The topological polar surface area (TPSA) is 26.0 Å². The lowest BCUT2D eigenvalue weighted by molar-refractivity contribution is 0.519. The number of halogens is 1. The van der Waals surface area contributed by atoms with E-state index in [2.05, 4.69) is 0 Å². The van der Waals surface area contributed by atoms with Crippen molar-refractivity contribution in [1.82, 2.24) is 0 Å². The van der Waals surface area contributed by atoms with Crippen molar-refractivity contribution >= 4 is 0 Å². The van der Waals surface area contributed by atoms with E-state index < -0.39 is 0 Å². The molecule has 0 spiro atoms. The quantitative estimate of drug-likeness (QED) is 0.762. The van der Waals surface area contributed by atoms with Crippen LogP contribution in [0.15, 0.2) is 24.3 Å². The van der Waals surface area contributed by atoms with Crippen LogP contribution in [0, 0.1) is 11.7 Å². The second-order valence-electron chi connectivity index (χ2n) is 4.61. The zero-order valence-electron chi connectivity index (χ0n) is 8.04. The third kappa shape index (κ3) is 0.976. The number of nitrogens with two attached hydrogens (primary N) is 1. The fourth-order valence-corrected chi connectivity index (χ4v) is 2.74. The summed E-state index contributed by atoms with van der Waals surface area (Å²) in [5.74, 6) is 0.571. The summed E-state index contributed by atoms with van der Waals surface area (Å²) >= 11 is 0. The molecule has 1 unspecified atom stereocenters. The van der Waals surface area contributed by atoms with Crippen LogP contribution in [0.1, 0.15) is 24.8 Å². The minimum atomic E-state index is -0.0765. The molecule has 0 aliphatic heterocycles. The monoisotopic (exact) mass is 191 g/mol. The Hall–Kier alpha value is -0.890. The molecule has 2 aliphatic rings. The molecule has 3 rings (SSSR count). The van der Waals surface area contributed by atoms with Gasteiger partial charge in [-0.1, -0.05) is 18.2 Å². The van der Waals surface area contributed by atoms with Gasteiger partial charge < -0.3 is 5.73 Å². The first kappa shape index (κ1) is 8.42. The van der Waals surface area contributed by atoms with Crippen LogP contribution in [-0.4, -0.2) is 6.04 Å². The van der Waals surface area contributed by atoms with E-state index in [0.29, 0.717) is 5.92 Å². The molecule has 0 aromatic heterocycles. The molecule has 2 atom stereocenters. The molecule has 2 saturated carbocycles.